The van der Waals surface area contributed by atoms with Gasteiger partial charge in [0.05, 0.1) is 17.1 Å². The first-order chi connectivity index (χ1) is 14.4. The minimum atomic E-state index is -0.224. The molecule has 0 radical (unpaired) electrons. The molecule has 3 N–H and O–H groups in total. The zero-order valence-corrected chi connectivity index (χ0v) is 17.6. The van der Waals surface area contributed by atoms with E-state index in [0.29, 0.717) is 11.6 Å². The van der Waals surface area contributed by atoms with Gasteiger partial charge in [0.15, 0.2) is 0 Å². The van der Waals surface area contributed by atoms with Gasteiger partial charge < -0.3 is 20.9 Å². The first-order valence-corrected chi connectivity index (χ1v) is 10.0. The first kappa shape index (κ1) is 19.7. The Morgan fingerprint density at radius 1 is 1.10 bits per heavy atom. The number of hydrogen-bond acceptors (Lipinski definition) is 6. The van der Waals surface area contributed by atoms with Crippen LogP contribution < -0.4 is 20.9 Å². The van der Waals surface area contributed by atoms with Crippen molar-refractivity contribution in [3.63, 3.8) is 0 Å². The van der Waals surface area contributed by atoms with E-state index in [1.807, 2.05) is 62.5 Å². The van der Waals surface area contributed by atoms with Crippen LogP contribution in [0.25, 0.3) is 11.3 Å². The highest BCUT2D eigenvalue weighted by atomic mass is 16.2. The van der Waals surface area contributed by atoms with Gasteiger partial charge >= 0.3 is 0 Å². The molecule has 0 unspecified atom stereocenters. The molecular weight excluding hydrogens is 376 g/mol. The number of nitrogens with two attached hydrogens (primary N) is 1. The van der Waals surface area contributed by atoms with Crippen molar-refractivity contribution in [3.8, 4) is 11.3 Å². The number of fused-ring (bicyclic) bond motifs is 1. The van der Waals surface area contributed by atoms with Crippen LogP contribution in [0.1, 0.15) is 20.8 Å². The number of carbonyl (C=O) groups excluding carboxylic acids is 1. The molecule has 0 bridgehead atoms. The Morgan fingerprint density at radius 2 is 1.87 bits per heavy atom. The Kier molecular flexibility index (Phi) is 5.03. The van der Waals surface area contributed by atoms with Gasteiger partial charge in [-0.2, -0.15) is 0 Å². The fourth-order valence-electron chi connectivity index (χ4n) is 3.97. The number of carbonyl (C=O) groups is 1. The molecule has 2 aromatic carbocycles. The van der Waals surface area contributed by atoms with E-state index in [-0.39, 0.29) is 18.0 Å². The zero-order valence-electron chi connectivity index (χ0n) is 17.6. The van der Waals surface area contributed by atoms with Crippen molar-refractivity contribution in [1.82, 2.24) is 9.97 Å². The van der Waals surface area contributed by atoms with Gasteiger partial charge in [-0.3, -0.25) is 4.79 Å². The average Bonchev–Trinajstić information content (AvgIpc) is 2.72. The summed E-state index contributed by atoms with van der Waals surface area (Å²) in [4.78, 5) is 25.5. The molecule has 0 aliphatic carbocycles. The van der Waals surface area contributed by atoms with Gasteiger partial charge in [0, 0.05) is 36.2 Å². The Balaban J connectivity index is 1.68. The van der Waals surface area contributed by atoms with Crippen LogP contribution in [-0.2, 0) is 4.79 Å². The summed E-state index contributed by atoms with van der Waals surface area (Å²) in [6, 6.07) is 15.4. The van der Waals surface area contributed by atoms with Crippen LogP contribution in [0.2, 0.25) is 0 Å². The number of likely N-dealkylation sites (N-methyl/N-ethyl adjacent to an activating group) is 1. The second-order valence-electron chi connectivity index (χ2n) is 7.76. The number of nitrogens with zero attached hydrogens (tertiary/aromatic N) is 4. The van der Waals surface area contributed by atoms with E-state index in [1.54, 1.807) is 11.1 Å². The fraction of sp³-hybridized carbons (Fsp3) is 0.261. The number of rotatable bonds is 4. The zero-order chi connectivity index (χ0) is 21.4. The van der Waals surface area contributed by atoms with Gasteiger partial charge in [0.2, 0.25) is 11.9 Å². The molecule has 2 heterocycles. The lowest BCUT2D eigenvalue weighted by molar-refractivity contribution is -0.119. The SMILES string of the molecule is CC(C)N1c2cc(Nc3nccc(-c4ccccc4N)n3)ccc2N(C)C(=O)[C@H]1C. The number of hydrogen-bond donors (Lipinski definition) is 2. The van der Waals surface area contributed by atoms with E-state index < -0.39 is 0 Å². The van der Waals surface area contributed by atoms with Crippen molar-refractivity contribution in [2.45, 2.75) is 32.9 Å². The molecular formula is C23H26N6O. The molecule has 0 fully saturated rings. The van der Waals surface area contributed by atoms with Gasteiger partial charge in [-0.1, -0.05) is 18.2 Å². The highest BCUT2D eigenvalue weighted by molar-refractivity contribution is 6.05. The summed E-state index contributed by atoms with van der Waals surface area (Å²) in [6.45, 7) is 6.13. The van der Waals surface area contributed by atoms with Gasteiger partial charge in [-0.15, -0.1) is 0 Å². The summed E-state index contributed by atoms with van der Waals surface area (Å²) in [6.07, 6.45) is 1.71. The Labute approximate surface area is 176 Å². The number of nitrogens with one attached hydrogen (secondary N) is 1. The minimum Gasteiger partial charge on any atom is -0.398 e. The lowest BCUT2D eigenvalue weighted by Crippen LogP contribution is -2.53. The second-order valence-corrected chi connectivity index (χ2v) is 7.76. The van der Waals surface area contributed by atoms with Crippen LogP contribution in [0.4, 0.5) is 28.7 Å². The third-order valence-corrected chi connectivity index (χ3v) is 5.42. The Bertz CT molecular complexity index is 1100. The summed E-state index contributed by atoms with van der Waals surface area (Å²) in [5.74, 6) is 0.577. The molecule has 4 rings (SSSR count). The summed E-state index contributed by atoms with van der Waals surface area (Å²) in [7, 11) is 1.82. The first-order valence-electron chi connectivity index (χ1n) is 10.0. The highest BCUT2D eigenvalue weighted by Gasteiger charge is 2.34. The predicted molar refractivity (Wildman–Crippen MR) is 122 cm³/mol. The van der Waals surface area contributed by atoms with Crippen LogP contribution in [0.5, 0.6) is 0 Å². The standard InChI is InChI=1S/C23H26N6O/c1-14(2)29-15(3)22(30)28(4)20-10-9-16(13-21(20)29)26-23-25-12-11-19(27-23)17-7-5-6-8-18(17)24/h5-15H,24H2,1-4H3,(H,25,26,27)/t15-/m1/s1. The lowest BCUT2D eigenvalue weighted by Gasteiger charge is -2.42. The number of aromatic nitrogens is 2. The lowest BCUT2D eigenvalue weighted by atomic mass is 10.0. The third-order valence-electron chi connectivity index (χ3n) is 5.42. The molecule has 154 valence electrons. The molecule has 0 spiro atoms. The molecule has 0 saturated heterocycles. The molecule has 1 atom stereocenters. The molecule has 30 heavy (non-hydrogen) atoms. The summed E-state index contributed by atoms with van der Waals surface area (Å²) < 4.78 is 0. The number of anilines is 5. The number of nitrogen functional groups attached to an aromatic ring is 1. The molecule has 1 aliphatic heterocycles. The molecule has 0 saturated carbocycles. The topological polar surface area (TPSA) is 87.4 Å². The van der Waals surface area contributed by atoms with Gasteiger partial charge in [-0.25, -0.2) is 9.97 Å². The smallest absolute Gasteiger partial charge is 0.249 e. The molecule has 3 aromatic rings. The van der Waals surface area contributed by atoms with Crippen LogP contribution in [0, 0.1) is 0 Å². The molecule has 7 nitrogen and oxygen atoms in total. The number of benzene rings is 2. The maximum absolute atomic E-state index is 12.6. The molecule has 1 amide bonds. The maximum atomic E-state index is 12.6. The van der Waals surface area contributed by atoms with Crippen molar-refractivity contribution in [3.05, 3.63) is 54.7 Å². The van der Waals surface area contributed by atoms with Crippen LogP contribution in [0.3, 0.4) is 0 Å². The van der Waals surface area contributed by atoms with E-state index >= 15 is 0 Å². The average molecular weight is 403 g/mol. The third kappa shape index (κ3) is 3.43. The number of para-hydroxylation sites is 1. The van der Waals surface area contributed by atoms with E-state index in [9.17, 15) is 4.79 Å². The van der Waals surface area contributed by atoms with Crippen molar-refractivity contribution >= 4 is 34.6 Å². The van der Waals surface area contributed by atoms with E-state index in [0.717, 1.165) is 28.3 Å². The molecule has 1 aromatic heterocycles. The van der Waals surface area contributed by atoms with Crippen molar-refractivity contribution in [2.24, 2.45) is 0 Å². The quantitative estimate of drug-likeness (QED) is 0.640. The number of amides is 1. The van der Waals surface area contributed by atoms with Crippen molar-refractivity contribution in [2.75, 3.05) is 27.9 Å². The van der Waals surface area contributed by atoms with Crippen LogP contribution in [0.15, 0.2) is 54.7 Å². The van der Waals surface area contributed by atoms with Crippen LogP contribution >= 0.6 is 0 Å². The predicted octanol–water partition coefficient (Wildman–Crippen LogP) is 4.05. The van der Waals surface area contributed by atoms with Gasteiger partial charge in [-0.05, 0) is 51.1 Å². The largest absolute Gasteiger partial charge is 0.398 e. The van der Waals surface area contributed by atoms with E-state index in [1.165, 1.54) is 0 Å². The van der Waals surface area contributed by atoms with E-state index in [2.05, 4.69) is 34.0 Å². The maximum Gasteiger partial charge on any atom is 0.249 e. The molecule has 1 aliphatic rings. The van der Waals surface area contributed by atoms with E-state index in [4.69, 9.17) is 5.73 Å². The minimum absolute atomic E-state index is 0.0911. The molecule has 7 heteroatoms. The van der Waals surface area contributed by atoms with Crippen LogP contribution in [-0.4, -0.2) is 35.0 Å². The summed E-state index contributed by atoms with van der Waals surface area (Å²) in [5.41, 5.74) is 11.1. The van der Waals surface area contributed by atoms with Gasteiger partial charge in [0.1, 0.15) is 6.04 Å². The van der Waals surface area contributed by atoms with Crippen molar-refractivity contribution < 1.29 is 4.79 Å². The highest BCUT2D eigenvalue weighted by Crippen LogP contribution is 2.39. The Morgan fingerprint density at radius 3 is 2.60 bits per heavy atom. The fourth-order valence-corrected chi connectivity index (χ4v) is 3.97. The second kappa shape index (κ2) is 7.67. The van der Waals surface area contributed by atoms with Gasteiger partial charge in [0.25, 0.3) is 0 Å². The summed E-state index contributed by atoms with van der Waals surface area (Å²) >= 11 is 0. The van der Waals surface area contributed by atoms with Crippen molar-refractivity contribution in [1.29, 1.82) is 0 Å². The Hall–Kier alpha value is -3.61. The monoisotopic (exact) mass is 402 g/mol. The normalized spacial score (nSPS) is 16.0. The summed E-state index contributed by atoms with van der Waals surface area (Å²) in [5, 5.41) is 3.29.